The lowest BCUT2D eigenvalue weighted by Gasteiger charge is -1.93. The van der Waals surface area contributed by atoms with Gasteiger partial charge in [-0.15, -0.1) is 0 Å². The van der Waals surface area contributed by atoms with Crippen LogP contribution in [0.25, 0.3) is 6.08 Å². The Morgan fingerprint density at radius 3 is 2.83 bits per heavy atom. The van der Waals surface area contributed by atoms with Gasteiger partial charge in [-0.25, -0.2) is 0 Å². The van der Waals surface area contributed by atoms with Gasteiger partial charge >= 0.3 is 0 Å². The van der Waals surface area contributed by atoms with Crippen molar-refractivity contribution in [2.75, 3.05) is 0 Å². The summed E-state index contributed by atoms with van der Waals surface area (Å²) in [6.07, 6.45) is 7.28. The molecule has 0 heterocycles. The van der Waals surface area contributed by atoms with Gasteiger partial charge in [0, 0.05) is 4.47 Å². The molecule has 1 aliphatic carbocycles. The summed E-state index contributed by atoms with van der Waals surface area (Å²) < 4.78 is 1.15. The van der Waals surface area contributed by atoms with Crippen LogP contribution >= 0.6 is 15.9 Å². The van der Waals surface area contributed by atoms with Crippen LogP contribution in [0.5, 0.6) is 0 Å². The van der Waals surface area contributed by atoms with Crippen molar-refractivity contribution in [2.45, 2.75) is 12.8 Å². The van der Waals surface area contributed by atoms with E-state index < -0.39 is 0 Å². The fourth-order valence-corrected chi connectivity index (χ4v) is 1.56. The van der Waals surface area contributed by atoms with E-state index in [1.54, 1.807) is 0 Å². The van der Waals surface area contributed by atoms with Gasteiger partial charge in [-0.1, -0.05) is 40.2 Å². The summed E-state index contributed by atoms with van der Waals surface area (Å²) in [5, 5.41) is 0. The van der Waals surface area contributed by atoms with Crippen molar-refractivity contribution in [3.8, 4) is 0 Å². The van der Waals surface area contributed by atoms with Crippen molar-refractivity contribution >= 4 is 22.0 Å². The minimum Gasteiger partial charge on any atom is -0.0808 e. The second-order valence-electron chi connectivity index (χ2n) is 3.25. The Kier molecular flexibility index (Phi) is 2.31. The number of benzene rings is 1. The molecule has 2 rings (SSSR count). The highest BCUT2D eigenvalue weighted by Gasteiger charge is 2.16. The molecular weight excluding hydrogens is 212 g/mol. The van der Waals surface area contributed by atoms with E-state index in [0.717, 1.165) is 10.4 Å². The third-order valence-corrected chi connectivity index (χ3v) is 2.52. The van der Waals surface area contributed by atoms with Crippen LogP contribution in [0.1, 0.15) is 18.4 Å². The molecule has 1 aliphatic rings. The lowest BCUT2D eigenvalue weighted by atomic mass is 10.2. The van der Waals surface area contributed by atoms with E-state index in [1.807, 2.05) is 0 Å². The largest absolute Gasteiger partial charge is 0.0808 e. The summed E-state index contributed by atoms with van der Waals surface area (Å²) in [5.41, 5.74) is 1.29. The van der Waals surface area contributed by atoms with Crippen molar-refractivity contribution < 1.29 is 0 Å². The molecule has 0 N–H and O–H groups in total. The van der Waals surface area contributed by atoms with Gasteiger partial charge in [0.25, 0.3) is 0 Å². The number of hydrogen-bond acceptors (Lipinski definition) is 0. The maximum atomic E-state index is 3.45. The summed E-state index contributed by atoms with van der Waals surface area (Å²) in [6.45, 7) is 0. The lowest BCUT2D eigenvalue weighted by molar-refractivity contribution is 1.13. The second kappa shape index (κ2) is 3.44. The van der Waals surface area contributed by atoms with Gasteiger partial charge in [-0.2, -0.15) is 0 Å². The zero-order valence-corrected chi connectivity index (χ0v) is 8.42. The molecule has 0 aliphatic heterocycles. The normalized spacial score (nSPS) is 17.1. The van der Waals surface area contributed by atoms with Gasteiger partial charge in [-0.3, -0.25) is 0 Å². The molecule has 0 aromatic heterocycles. The van der Waals surface area contributed by atoms with Crippen molar-refractivity contribution in [2.24, 2.45) is 5.92 Å². The van der Waals surface area contributed by atoms with Crippen molar-refractivity contribution in [1.29, 1.82) is 0 Å². The standard InChI is InChI=1S/C11H11Br/c12-11-3-1-2-10(8-11)7-6-9-4-5-9/h1-3,6-9H,4-5H2. The molecule has 1 aromatic carbocycles. The van der Waals surface area contributed by atoms with E-state index in [0.29, 0.717) is 0 Å². The van der Waals surface area contributed by atoms with Gasteiger partial charge in [0.2, 0.25) is 0 Å². The van der Waals surface area contributed by atoms with Crippen LogP contribution in [-0.4, -0.2) is 0 Å². The first-order chi connectivity index (χ1) is 5.84. The Labute approximate surface area is 81.4 Å². The minimum absolute atomic E-state index is 0.865. The molecule has 1 aromatic rings. The van der Waals surface area contributed by atoms with Crippen LogP contribution < -0.4 is 0 Å². The summed E-state index contributed by atoms with van der Waals surface area (Å²) in [4.78, 5) is 0. The van der Waals surface area contributed by atoms with E-state index in [9.17, 15) is 0 Å². The van der Waals surface area contributed by atoms with Gasteiger partial charge in [0.05, 0.1) is 0 Å². The fraction of sp³-hybridized carbons (Fsp3) is 0.273. The molecule has 0 saturated heterocycles. The average molecular weight is 223 g/mol. The first kappa shape index (κ1) is 8.06. The van der Waals surface area contributed by atoms with Gasteiger partial charge in [-0.05, 0) is 36.5 Å². The Morgan fingerprint density at radius 2 is 2.17 bits per heavy atom. The Bertz CT molecular complexity index is 298. The molecule has 0 unspecified atom stereocenters. The van der Waals surface area contributed by atoms with E-state index in [4.69, 9.17) is 0 Å². The highest BCUT2D eigenvalue weighted by atomic mass is 79.9. The minimum atomic E-state index is 0.865. The molecule has 0 radical (unpaired) electrons. The maximum absolute atomic E-state index is 3.45. The molecule has 12 heavy (non-hydrogen) atoms. The predicted molar refractivity (Wildman–Crippen MR) is 55.9 cm³/mol. The highest BCUT2D eigenvalue weighted by molar-refractivity contribution is 9.10. The molecule has 0 atom stereocenters. The SMILES string of the molecule is Brc1cccc(C=CC2CC2)c1. The molecule has 1 saturated carbocycles. The Morgan fingerprint density at radius 1 is 1.33 bits per heavy atom. The van der Waals surface area contributed by atoms with Crippen LogP contribution in [0.4, 0.5) is 0 Å². The number of halogens is 1. The molecule has 1 heteroatoms. The molecule has 62 valence electrons. The van der Waals surface area contributed by atoms with Gasteiger partial charge in [0.15, 0.2) is 0 Å². The Hall–Kier alpha value is -0.560. The zero-order valence-electron chi connectivity index (χ0n) is 6.83. The Balaban J connectivity index is 2.11. The van der Waals surface area contributed by atoms with E-state index >= 15 is 0 Å². The monoisotopic (exact) mass is 222 g/mol. The van der Waals surface area contributed by atoms with Crippen molar-refractivity contribution in [3.05, 3.63) is 40.4 Å². The first-order valence-electron chi connectivity index (χ1n) is 4.28. The van der Waals surface area contributed by atoms with Crippen LogP contribution in [0.15, 0.2) is 34.8 Å². The smallest absolute Gasteiger partial charge is 0.0181 e. The average Bonchev–Trinajstić information content (AvgIpc) is 2.84. The van der Waals surface area contributed by atoms with Crippen LogP contribution in [-0.2, 0) is 0 Å². The molecule has 0 amide bonds. The summed E-state index contributed by atoms with van der Waals surface area (Å²) >= 11 is 3.45. The summed E-state index contributed by atoms with van der Waals surface area (Å²) in [7, 11) is 0. The fourth-order valence-electron chi connectivity index (χ4n) is 1.15. The van der Waals surface area contributed by atoms with Crippen LogP contribution in [0, 0.1) is 5.92 Å². The van der Waals surface area contributed by atoms with Gasteiger partial charge in [0.1, 0.15) is 0 Å². The molecule has 1 fully saturated rings. The van der Waals surface area contributed by atoms with Crippen molar-refractivity contribution in [3.63, 3.8) is 0 Å². The quantitative estimate of drug-likeness (QED) is 0.713. The van der Waals surface area contributed by atoms with E-state index in [2.05, 4.69) is 52.3 Å². The third-order valence-electron chi connectivity index (χ3n) is 2.03. The van der Waals surface area contributed by atoms with Crippen molar-refractivity contribution in [1.82, 2.24) is 0 Å². The molecule has 0 spiro atoms. The third kappa shape index (κ3) is 2.21. The van der Waals surface area contributed by atoms with Crippen LogP contribution in [0.3, 0.4) is 0 Å². The van der Waals surface area contributed by atoms with Gasteiger partial charge < -0.3 is 0 Å². The maximum Gasteiger partial charge on any atom is 0.0181 e. The number of hydrogen-bond donors (Lipinski definition) is 0. The first-order valence-corrected chi connectivity index (χ1v) is 5.08. The molecule has 0 nitrogen and oxygen atoms in total. The van der Waals surface area contributed by atoms with E-state index in [-0.39, 0.29) is 0 Å². The summed E-state index contributed by atoms with van der Waals surface area (Å²) in [6, 6.07) is 8.38. The predicted octanol–water partition coefficient (Wildman–Crippen LogP) is 3.87. The zero-order chi connectivity index (χ0) is 8.39. The number of rotatable bonds is 2. The number of allylic oxidation sites excluding steroid dienone is 1. The molecular formula is C11H11Br. The topological polar surface area (TPSA) is 0 Å². The summed E-state index contributed by atoms with van der Waals surface area (Å²) in [5.74, 6) is 0.865. The second-order valence-corrected chi connectivity index (χ2v) is 4.17. The molecule has 0 bridgehead atoms. The van der Waals surface area contributed by atoms with Crippen LogP contribution in [0.2, 0.25) is 0 Å². The highest BCUT2D eigenvalue weighted by Crippen LogP contribution is 2.30. The lowest BCUT2D eigenvalue weighted by Crippen LogP contribution is -1.71. The van der Waals surface area contributed by atoms with E-state index in [1.165, 1.54) is 18.4 Å².